The molecule has 2 N–H and O–H groups in total. The molecule has 0 fully saturated rings. The lowest BCUT2D eigenvalue weighted by molar-refractivity contribution is 0.0693. The lowest BCUT2D eigenvalue weighted by atomic mass is 10.0. The molecule has 0 atom stereocenters. The Morgan fingerprint density at radius 1 is 1.22 bits per heavy atom. The number of aromatic carboxylic acids is 1. The number of rotatable bonds is 4. The minimum Gasteiger partial charge on any atom is -0.478 e. The molecule has 0 aliphatic heterocycles. The van der Waals surface area contributed by atoms with Crippen molar-refractivity contribution in [2.75, 3.05) is 0 Å². The summed E-state index contributed by atoms with van der Waals surface area (Å²) in [5.41, 5.74) is 0.922. The van der Waals surface area contributed by atoms with Gasteiger partial charge in [-0.2, -0.15) is 8.98 Å². The number of fused-ring (bicyclic) bond motifs is 1. The van der Waals surface area contributed by atoms with Crippen molar-refractivity contribution in [3.05, 3.63) is 69.6 Å². The zero-order valence-corrected chi connectivity index (χ0v) is 12.6. The van der Waals surface area contributed by atoms with Crippen LogP contribution in [-0.4, -0.2) is 21.3 Å². The Balaban J connectivity index is 2.06. The fourth-order valence-corrected chi connectivity index (χ4v) is 2.77. The Morgan fingerprint density at radius 3 is 2.65 bits per heavy atom. The molecule has 0 aliphatic carbocycles. The number of H-pyrrole nitrogens is 1. The smallest absolute Gasteiger partial charge is 0.336 e. The second-order valence-electron chi connectivity index (χ2n) is 4.93. The standard InChI is InChI=1S/C16H11FN2O3S/c17-23-14-6-5-9(7-12(14)16(21)22)8-13-10-3-1-2-4-11(10)15(20)19-18-13/h1-7H,8H2,(H,19,20)(H,21,22). The minimum absolute atomic E-state index is 0.0561. The summed E-state index contributed by atoms with van der Waals surface area (Å²) in [6, 6.07) is 11.6. The number of halogens is 1. The molecule has 5 nitrogen and oxygen atoms in total. The molecule has 23 heavy (non-hydrogen) atoms. The fraction of sp³-hybridized carbons (Fsp3) is 0.0625. The van der Waals surface area contributed by atoms with Gasteiger partial charge in [-0.25, -0.2) is 9.89 Å². The summed E-state index contributed by atoms with van der Waals surface area (Å²) in [7, 11) is 0. The van der Waals surface area contributed by atoms with Gasteiger partial charge >= 0.3 is 5.97 Å². The van der Waals surface area contributed by atoms with Crippen LogP contribution < -0.4 is 5.56 Å². The van der Waals surface area contributed by atoms with Crippen LogP contribution in [0.2, 0.25) is 0 Å². The van der Waals surface area contributed by atoms with E-state index in [9.17, 15) is 13.5 Å². The largest absolute Gasteiger partial charge is 0.478 e. The quantitative estimate of drug-likeness (QED) is 0.767. The van der Waals surface area contributed by atoms with Crippen LogP contribution in [0.15, 0.2) is 52.2 Å². The summed E-state index contributed by atoms with van der Waals surface area (Å²) in [5, 5.41) is 16.9. The molecule has 2 aromatic carbocycles. The van der Waals surface area contributed by atoms with Crippen molar-refractivity contribution in [1.82, 2.24) is 10.2 Å². The molecule has 1 aromatic heterocycles. The van der Waals surface area contributed by atoms with E-state index in [2.05, 4.69) is 10.2 Å². The van der Waals surface area contributed by atoms with Crippen molar-refractivity contribution in [1.29, 1.82) is 0 Å². The first kappa shape index (κ1) is 15.2. The Labute approximate surface area is 134 Å². The Hall–Kier alpha value is -2.67. The number of benzene rings is 2. The topological polar surface area (TPSA) is 83.0 Å². The van der Waals surface area contributed by atoms with Gasteiger partial charge in [0.2, 0.25) is 0 Å². The van der Waals surface area contributed by atoms with E-state index in [0.29, 0.717) is 28.5 Å². The minimum atomic E-state index is -1.19. The van der Waals surface area contributed by atoms with Crippen LogP contribution in [0, 0.1) is 0 Å². The van der Waals surface area contributed by atoms with Crippen molar-refractivity contribution < 1.29 is 13.8 Å². The molecule has 0 bridgehead atoms. The molecule has 0 unspecified atom stereocenters. The third kappa shape index (κ3) is 2.95. The normalized spacial score (nSPS) is 10.8. The van der Waals surface area contributed by atoms with E-state index in [4.69, 9.17) is 5.11 Å². The third-order valence-corrected chi connectivity index (χ3v) is 4.03. The highest BCUT2D eigenvalue weighted by molar-refractivity contribution is 7.94. The van der Waals surface area contributed by atoms with E-state index in [-0.39, 0.29) is 28.2 Å². The number of hydrogen-bond acceptors (Lipinski definition) is 4. The average molecular weight is 330 g/mol. The summed E-state index contributed by atoms with van der Waals surface area (Å²) in [5.74, 6) is -1.19. The molecule has 0 radical (unpaired) electrons. The van der Waals surface area contributed by atoms with Gasteiger partial charge in [-0.05, 0) is 23.8 Å². The molecule has 0 amide bonds. The zero-order chi connectivity index (χ0) is 16.4. The SMILES string of the molecule is O=C(O)c1cc(Cc2n[nH]c(=O)c3ccccc23)ccc1SF. The van der Waals surface area contributed by atoms with Crippen molar-refractivity contribution in [2.24, 2.45) is 0 Å². The Morgan fingerprint density at radius 2 is 1.96 bits per heavy atom. The first-order valence-electron chi connectivity index (χ1n) is 6.71. The van der Waals surface area contributed by atoms with Gasteiger partial charge in [-0.3, -0.25) is 4.79 Å². The highest BCUT2D eigenvalue weighted by atomic mass is 32.2. The van der Waals surface area contributed by atoms with E-state index < -0.39 is 5.97 Å². The lowest BCUT2D eigenvalue weighted by Gasteiger charge is -2.07. The first-order chi connectivity index (χ1) is 11.1. The van der Waals surface area contributed by atoms with Gasteiger partial charge in [0.1, 0.15) is 0 Å². The summed E-state index contributed by atoms with van der Waals surface area (Å²) in [6.07, 6.45) is 0.328. The predicted octanol–water partition coefficient (Wildman–Crippen LogP) is 3.19. The van der Waals surface area contributed by atoms with Gasteiger partial charge in [0, 0.05) is 11.8 Å². The molecular weight excluding hydrogens is 319 g/mol. The number of hydrogen-bond donors (Lipinski definition) is 2. The van der Waals surface area contributed by atoms with E-state index in [1.54, 1.807) is 30.3 Å². The maximum atomic E-state index is 12.8. The number of aromatic nitrogens is 2. The number of aromatic amines is 1. The second kappa shape index (κ2) is 6.21. The molecule has 1 heterocycles. The molecule has 3 aromatic rings. The maximum absolute atomic E-state index is 12.8. The molecule has 116 valence electrons. The zero-order valence-electron chi connectivity index (χ0n) is 11.7. The van der Waals surface area contributed by atoms with Crippen LogP contribution in [0.25, 0.3) is 10.8 Å². The van der Waals surface area contributed by atoms with Crippen LogP contribution in [0.5, 0.6) is 0 Å². The molecule has 0 spiro atoms. The van der Waals surface area contributed by atoms with Crippen molar-refractivity contribution in [3.8, 4) is 0 Å². The van der Waals surface area contributed by atoms with Crippen molar-refractivity contribution in [2.45, 2.75) is 11.3 Å². The van der Waals surface area contributed by atoms with E-state index >= 15 is 0 Å². The first-order valence-corrected chi connectivity index (χ1v) is 7.43. The summed E-state index contributed by atoms with van der Waals surface area (Å²) >= 11 is -0.101. The predicted molar refractivity (Wildman–Crippen MR) is 85.5 cm³/mol. The van der Waals surface area contributed by atoms with Gasteiger partial charge in [-0.15, -0.1) is 0 Å². The highest BCUT2D eigenvalue weighted by Crippen LogP contribution is 2.26. The molecular formula is C16H11FN2O3S. The Kier molecular flexibility index (Phi) is 4.12. The number of carbonyl (C=O) groups is 1. The second-order valence-corrected chi connectivity index (χ2v) is 5.53. The van der Waals surface area contributed by atoms with Gasteiger partial charge in [0.15, 0.2) is 0 Å². The van der Waals surface area contributed by atoms with Gasteiger partial charge < -0.3 is 5.11 Å². The van der Waals surface area contributed by atoms with Crippen LogP contribution >= 0.6 is 12.1 Å². The van der Waals surface area contributed by atoms with Crippen LogP contribution in [-0.2, 0) is 6.42 Å². The van der Waals surface area contributed by atoms with Gasteiger partial charge in [0.05, 0.1) is 33.7 Å². The maximum Gasteiger partial charge on any atom is 0.336 e. The van der Waals surface area contributed by atoms with Crippen LogP contribution in [0.3, 0.4) is 0 Å². The van der Waals surface area contributed by atoms with E-state index in [0.717, 1.165) is 0 Å². The lowest BCUT2D eigenvalue weighted by Crippen LogP contribution is -2.11. The number of carboxylic acids is 1. The summed E-state index contributed by atoms with van der Waals surface area (Å²) in [6.45, 7) is 0. The third-order valence-electron chi connectivity index (χ3n) is 3.50. The molecule has 0 saturated carbocycles. The Bertz CT molecular complexity index is 955. The summed E-state index contributed by atoms with van der Waals surface area (Å²) < 4.78 is 12.8. The molecule has 3 rings (SSSR count). The number of nitrogens with one attached hydrogen (secondary N) is 1. The fourth-order valence-electron chi connectivity index (χ4n) is 2.42. The monoisotopic (exact) mass is 330 g/mol. The van der Waals surface area contributed by atoms with Crippen LogP contribution in [0.1, 0.15) is 21.6 Å². The number of nitrogens with zero attached hydrogens (tertiary/aromatic N) is 1. The van der Waals surface area contributed by atoms with Gasteiger partial charge in [0.25, 0.3) is 5.56 Å². The van der Waals surface area contributed by atoms with Crippen molar-refractivity contribution in [3.63, 3.8) is 0 Å². The molecule has 0 saturated heterocycles. The van der Waals surface area contributed by atoms with Crippen molar-refractivity contribution >= 4 is 28.9 Å². The highest BCUT2D eigenvalue weighted by Gasteiger charge is 2.13. The summed E-state index contributed by atoms with van der Waals surface area (Å²) in [4.78, 5) is 23.0. The van der Waals surface area contributed by atoms with E-state index in [1.807, 2.05) is 0 Å². The van der Waals surface area contributed by atoms with E-state index in [1.165, 1.54) is 12.1 Å². The molecule has 0 aliphatic rings. The molecule has 7 heteroatoms. The number of carboxylic acid groups (broad SMARTS) is 1. The van der Waals surface area contributed by atoms with Crippen LogP contribution in [0.4, 0.5) is 3.89 Å². The van der Waals surface area contributed by atoms with Gasteiger partial charge in [-0.1, -0.05) is 24.3 Å². The average Bonchev–Trinajstić information content (AvgIpc) is 2.57.